The first kappa shape index (κ1) is 22.7. The highest BCUT2D eigenvalue weighted by Gasteiger charge is 2.30. The Hall–Kier alpha value is -2.50. The molecule has 0 radical (unpaired) electrons. The number of fused-ring (bicyclic) bond motifs is 1. The van der Waals surface area contributed by atoms with Crippen LogP contribution in [0.1, 0.15) is 25.8 Å². The first-order valence-corrected chi connectivity index (χ1v) is 14.0. The summed E-state index contributed by atoms with van der Waals surface area (Å²) in [6.45, 7) is 2.79. The maximum absolute atomic E-state index is 13.4. The van der Waals surface area contributed by atoms with Gasteiger partial charge in [-0.1, -0.05) is 18.2 Å². The number of anilines is 1. The fourth-order valence-electron chi connectivity index (χ4n) is 4.19. The molecule has 0 aliphatic carbocycles. The SMILES string of the molecule is CC(CS(C)(=O)=O)NS(=O)(=O)c1cc2ccccc2nc1N1CCCC(n2cccn2)C1. The van der Waals surface area contributed by atoms with Crippen molar-refractivity contribution >= 4 is 36.6 Å². The van der Waals surface area contributed by atoms with E-state index in [4.69, 9.17) is 4.98 Å². The van der Waals surface area contributed by atoms with Crippen LogP contribution in [-0.2, 0) is 19.9 Å². The first-order chi connectivity index (χ1) is 15.1. The van der Waals surface area contributed by atoms with Crippen molar-refractivity contribution in [3.63, 3.8) is 0 Å². The maximum Gasteiger partial charge on any atom is 0.244 e. The van der Waals surface area contributed by atoms with Gasteiger partial charge in [0.1, 0.15) is 20.6 Å². The van der Waals surface area contributed by atoms with Crippen LogP contribution >= 0.6 is 0 Å². The number of sulfone groups is 1. The van der Waals surface area contributed by atoms with Crippen LogP contribution in [0.5, 0.6) is 0 Å². The molecule has 11 heteroatoms. The van der Waals surface area contributed by atoms with Gasteiger partial charge in [0.2, 0.25) is 10.0 Å². The van der Waals surface area contributed by atoms with Crippen molar-refractivity contribution in [1.82, 2.24) is 19.5 Å². The normalized spacial score (nSPS) is 18.7. The summed E-state index contributed by atoms with van der Waals surface area (Å²) in [6, 6.07) is 10.2. The average molecular weight is 478 g/mol. The molecule has 1 fully saturated rings. The van der Waals surface area contributed by atoms with Gasteiger partial charge in [-0.2, -0.15) is 5.10 Å². The second-order valence-corrected chi connectivity index (χ2v) is 12.2. The Labute approximate surface area is 188 Å². The lowest BCUT2D eigenvalue weighted by Gasteiger charge is -2.34. The van der Waals surface area contributed by atoms with E-state index in [-0.39, 0.29) is 16.7 Å². The molecule has 1 saturated heterocycles. The third-order valence-corrected chi connectivity index (χ3v) is 8.16. The molecule has 0 saturated carbocycles. The molecule has 0 amide bonds. The predicted octanol–water partition coefficient (Wildman–Crippen LogP) is 1.98. The van der Waals surface area contributed by atoms with Gasteiger partial charge in [0.25, 0.3) is 0 Å². The van der Waals surface area contributed by atoms with Crippen molar-refractivity contribution < 1.29 is 16.8 Å². The Kier molecular flexibility index (Phi) is 6.24. The van der Waals surface area contributed by atoms with Crippen LogP contribution in [-0.4, -0.2) is 62.7 Å². The van der Waals surface area contributed by atoms with Crippen molar-refractivity contribution in [2.45, 2.75) is 36.7 Å². The summed E-state index contributed by atoms with van der Waals surface area (Å²) >= 11 is 0. The second kappa shape index (κ2) is 8.80. The van der Waals surface area contributed by atoms with Crippen molar-refractivity contribution in [1.29, 1.82) is 0 Å². The number of pyridine rings is 1. The minimum absolute atomic E-state index is 0.0534. The van der Waals surface area contributed by atoms with E-state index < -0.39 is 25.9 Å². The van der Waals surface area contributed by atoms with E-state index >= 15 is 0 Å². The maximum atomic E-state index is 13.4. The molecule has 9 nitrogen and oxygen atoms in total. The smallest absolute Gasteiger partial charge is 0.244 e. The van der Waals surface area contributed by atoms with E-state index in [1.807, 2.05) is 46.1 Å². The highest BCUT2D eigenvalue weighted by Crippen LogP contribution is 2.32. The first-order valence-electron chi connectivity index (χ1n) is 10.5. The average Bonchev–Trinajstić information content (AvgIpc) is 3.26. The summed E-state index contributed by atoms with van der Waals surface area (Å²) in [7, 11) is -7.35. The Bertz CT molecular complexity index is 1310. The van der Waals surface area contributed by atoms with E-state index in [1.165, 1.54) is 0 Å². The lowest BCUT2D eigenvalue weighted by atomic mass is 10.1. The number of rotatable bonds is 7. The molecular formula is C21H27N5O4S2. The Balaban J connectivity index is 1.74. The molecule has 1 aromatic carbocycles. The van der Waals surface area contributed by atoms with Crippen LogP contribution in [0.15, 0.2) is 53.7 Å². The van der Waals surface area contributed by atoms with Crippen molar-refractivity contribution in [3.8, 4) is 0 Å². The topological polar surface area (TPSA) is 114 Å². The quantitative estimate of drug-likeness (QED) is 0.553. The monoisotopic (exact) mass is 477 g/mol. The zero-order chi connectivity index (χ0) is 22.9. The fourth-order valence-corrected chi connectivity index (χ4v) is 6.72. The van der Waals surface area contributed by atoms with E-state index in [2.05, 4.69) is 9.82 Å². The fraction of sp³-hybridized carbons (Fsp3) is 0.429. The summed E-state index contributed by atoms with van der Waals surface area (Å²) in [4.78, 5) is 6.76. The predicted molar refractivity (Wildman–Crippen MR) is 124 cm³/mol. The third kappa shape index (κ3) is 5.11. The van der Waals surface area contributed by atoms with Crippen LogP contribution in [0.4, 0.5) is 5.82 Å². The number of para-hydroxylation sites is 1. The number of piperidine rings is 1. The molecule has 2 atom stereocenters. The van der Waals surface area contributed by atoms with Crippen LogP contribution < -0.4 is 9.62 Å². The van der Waals surface area contributed by atoms with Crippen LogP contribution in [0.2, 0.25) is 0 Å². The van der Waals surface area contributed by atoms with Gasteiger partial charge in [0, 0.05) is 43.2 Å². The molecule has 172 valence electrons. The van der Waals surface area contributed by atoms with Gasteiger partial charge in [-0.05, 0) is 38.0 Å². The van der Waals surface area contributed by atoms with Gasteiger partial charge in [-0.25, -0.2) is 26.5 Å². The van der Waals surface area contributed by atoms with Gasteiger partial charge >= 0.3 is 0 Å². The highest BCUT2D eigenvalue weighted by atomic mass is 32.2. The molecule has 2 unspecified atom stereocenters. The lowest BCUT2D eigenvalue weighted by molar-refractivity contribution is 0.374. The van der Waals surface area contributed by atoms with Gasteiger partial charge in [0.15, 0.2) is 0 Å². The number of hydrogen-bond donors (Lipinski definition) is 1. The van der Waals surface area contributed by atoms with Crippen molar-refractivity contribution in [2.75, 3.05) is 30.0 Å². The zero-order valence-electron chi connectivity index (χ0n) is 18.0. The number of benzene rings is 1. The minimum Gasteiger partial charge on any atom is -0.353 e. The molecule has 3 aromatic rings. The van der Waals surface area contributed by atoms with Crippen molar-refractivity contribution in [3.05, 3.63) is 48.8 Å². The number of nitrogens with zero attached hydrogens (tertiary/aromatic N) is 4. The largest absolute Gasteiger partial charge is 0.353 e. The molecule has 1 aliphatic heterocycles. The molecule has 4 rings (SSSR count). The molecule has 2 aromatic heterocycles. The van der Waals surface area contributed by atoms with Crippen LogP contribution in [0, 0.1) is 0 Å². The van der Waals surface area contributed by atoms with E-state index in [1.54, 1.807) is 19.2 Å². The lowest BCUT2D eigenvalue weighted by Crippen LogP contribution is -2.40. The van der Waals surface area contributed by atoms with Gasteiger partial charge in [0.05, 0.1) is 17.3 Å². The highest BCUT2D eigenvalue weighted by molar-refractivity contribution is 7.91. The number of hydrogen-bond acceptors (Lipinski definition) is 7. The molecule has 0 spiro atoms. The number of sulfonamides is 1. The van der Waals surface area contributed by atoms with Gasteiger partial charge < -0.3 is 4.90 Å². The summed E-state index contributed by atoms with van der Waals surface area (Å²) in [5.41, 5.74) is 0.701. The van der Waals surface area contributed by atoms with Crippen LogP contribution in [0.25, 0.3) is 10.9 Å². The van der Waals surface area contributed by atoms with E-state index in [0.29, 0.717) is 29.8 Å². The molecule has 32 heavy (non-hydrogen) atoms. The van der Waals surface area contributed by atoms with Crippen molar-refractivity contribution in [2.24, 2.45) is 0 Å². The summed E-state index contributed by atoms with van der Waals surface area (Å²) in [5.74, 6) is 0.0906. The van der Waals surface area contributed by atoms with Gasteiger partial charge in [-0.3, -0.25) is 4.68 Å². The van der Waals surface area contributed by atoms with Gasteiger partial charge in [-0.15, -0.1) is 0 Å². The standard InChI is InChI=1S/C21H27N5O4S2/c1-16(15-31(2,27)28)24-32(29,30)20-13-17-7-3-4-9-19(17)23-21(20)25-11-5-8-18(14-25)26-12-6-10-22-26/h3-4,6-7,9-10,12-13,16,18,24H,5,8,11,14-15H2,1-2H3. The molecular weight excluding hydrogens is 450 g/mol. The Morgan fingerprint density at radius 2 is 1.97 bits per heavy atom. The molecule has 1 aliphatic rings. The number of nitrogens with one attached hydrogen (secondary N) is 1. The molecule has 1 N–H and O–H groups in total. The third-order valence-electron chi connectivity index (χ3n) is 5.46. The molecule has 3 heterocycles. The van der Waals surface area contributed by atoms with E-state index in [0.717, 1.165) is 19.1 Å². The summed E-state index contributed by atoms with van der Waals surface area (Å²) in [6.07, 6.45) is 6.54. The Morgan fingerprint density at radius 3 is 2.69 bits per heavy atom. The summed E-state index contributed by atoms with van der Waals surface area (Å²) in [5, 5.41) is 5.05. The summed E-state index contributed by atoms with van der Waals surface area (Å²) < 4.78 is 54.4. The number of aromatic nitrogens is 3. The van der Waals surface area contributed by atoms with Crippen LogP contribution in [0.3, 0.4) is 0 Å². The molecule has 0 bridgehead atoms. The van der Waals surface area contributed by atoms with E-state index in [9.17, 15) is 16.8 Å². The minimum atomic E-state index is -4.02. The zero-order valence-corrected chi connectivity index (χ0v) is 19.7. The Morgan fingerprint density at radius 1 is 1.19 bits per heavy atom. The second-order valence-electron chi connectivity index (χ2n) is 8.35.